The van der Waals surface area contributed by atoms with Crippen LogP contribution in [-0.2, 0) is 0 Å². The topological polar surface area (TPSA) is 0 Å². The summed E-state index contributed by atoms with van der Waals surface area (Å²) in [7, 11) is 0. The molecule has 0 unspecified atom stereocenters. The summed E-state index contributed by atoms with van der Waals surface area (Å²) < 4.78 is 0. The highest BCUT2D eigenvalue weighted by Gasteiger charge is 2.19. The van der Waals surface area contributed by atoms with Crippen molar-refractivity contribution in [1.29, 1.82) is 0 Å². The standard InChI is InChI=1S/C64H102S6/c1-8-13-18-23-28-33-40-65-59-46-53-54-47-60(66-41-34-29-24-19-14-9-2)62(68-43-36-31-26-21-16-11-4)49-56(54)58-51-64(70-45-38-39-52(6)7)63(69-44-37-32-27-22-17-12-5)50-57(58)55(53)48-61(59)67-42-35-30-25-20-15-10-3/h46-51H,6,8-45H2,1-5,7H3. The van der Waals surface area contributed by atoms with Crippen LogP contribution in [0, 0.1) is 0 Å². The minimum absolute atomic E-state index is 1.12. The quantitative estimate of drug-likeness (QED) is 0.0186. The van der Waals surface area contributed by atoms with Crippen LogP contribution in [0.3, 0.4) is 0 Å². The molecular weight excluding hydrogens is 961 g/mol. The van der Waals surface area contributed by atoms with Gasteiger partial charge in [-0.1, -0.05) is 201 Å². The Bertz CT molecular complexity index is 1950. The molecule has 4 aromatic carbocycles. The second-order valence-electron chi connectivity index (χ2n) is 20.5. The number of thioether (sulfide) groups is 6. The first-order chi connectivity index (χ1) is 34.4. The summed E-state index contributed by atoms with van der Waals surface area (Å²) >= 11 is 12.9. The van der Waals surface area contributed by atoms with Gasteiger partial charge in [0.1, 0.15) is 0 Å². The Hall–Kier alpha value is -0.500. The molecule has 0 aliphatic rings. The van der Waals surface area contributed by atoms with Gasteiger partial charge in [0.2, 0.25) is 0 Å². The molecule has 0 spiro atoms. The highest BCUT2D eigenvalue weighted by molar-refractivity contribution is 8.03. The lowest BCUT2D eigenvalue weighted by Gasteiger charge is -2.20. The molecule has 0 saturated heterocycles. The summed E-state index contributed by atoms with van der Waals surface area (Å²) in [6.45, 7) is 18.1. The highest BCUT2D eigenvalue weighted by atomic mass is 32.2. The van der Waals surface area contributed by atoms with Gasteiger partial charge in [-0.3, -0.25) is 0 Å². The van der Waals surface area contributed by atoms with Crippen LogP contribution in [0.1, 0.15) is 247 Å². The third-order valence-electron chi connectivity index (χ3n) is 13.9. The minimum atomic E-state index is 1.12. The van der Waals surface area contributed by atoms with Gasteiger partial charge in [-0.05, 0) is 155 Å². The Morgan fingerprint density at radius 1 is 0.271 bits per heavy atom. The molecule has 4 aromatic rings. The number of hydrogen-bond donors (Lipinski definition) is 0. The van der Waals surface area contributed by atoms with Gasteiger partial charge >= 0.3 is 0 Å². The van der Waals surface area contributed by atoms with E-state index >= 15 is 0 Å². The average molecular weight is 1060 g/mol. The Balaban J connectivity index is 1.89. The molecule has 0 amide bonds. The first-order valence-electron chi connectivity index (χ1n) is 29.4. The summed E-state index contributed by atoms with van der Waals surface area (Å²) in [6, 6.07) is 16.1. The van der Waals surface area contributed by atoms with E-state index in [9.17, 15) is 0 Å². The van der Waals surface area contributed by atoms with Crippen molar-refractivity contribution < 1.29 is 0 Å². The van der Waals surface area contributed by atoms with Crippen molar-refractivity contribution in [3.05, 3.63) is 48.6 Å². The zero-order chi connectivity index (χ0) is 49.9. The maximum atomic E-state index is 4.26. The van der Waals surface area contributed by atoms with E-state index in [1.165, 1.54) is 295 Å². The van der Waals surface area contributed by atoms with Gasteiger partial charge < -0.3 is 0 Å². The van der Waals surface area contributed by atoms with Gasteiger partial charge in [-0.15, -0.1) is 77.2 Å². The van der Waals surface area contributed by atoms with Gasteiger partial charge in [0, 0.05) is 29.4 Å². The summed E-state index contributed by atoms with van der Waals surface area (Å²) in [6.07, 6.45) is 43.0. The van der Waals surface area contributed by atoms with Crippen molar-refractivity contribution in [3.8, 4) is 0 Å². The van der Waals surface area contributed by atoms with E-state index in [1.807, 2.05) is 0 Å². The number of hydrogen-bond acceptors (Lipinski definition) is 6. The van der Waals surface area contributed by atoms with E-state index in [-0.39, 0.29) is 0 Å². The van der Waals surface area contributed by atoms with E-state index < -0.39 is 0 Å². The van der Waals surface area contributed by atoms with Crippen molar-refractivity contribution in [3.63, 3.8) is 0 Å². The van der Waals surface area contributed by atoms with E-state index in [2.05, 4.69) is 155 Å². The lowest BCUT2D eigenvalue weighted by Crippen LogP contribution is -1.94. The molecule has 0 fully saturated rings. The van der Waals surface area contributed by atoms with E-state index in [0.717, 1.165) is 12.2 Å². The summed E-state index contributed by atoms with van der Waals surface area (Å²) in [4.78, 5) is 9.12. The Labute approximate surface area is 458 Å². The van der Waals surface area contributed by atoms with E-state index in [1.54, 1.807) is 0 Å². The smallest absolute Gasteiger partial charge is 0.0215 e. The van der Waals surface area contributed by atoms with Crippen LogP contribution in [0.15, 0.2) is 77.9 Å². The Morgan fingerprint density at radius 2 is 0.443 bits per heavy atom. The fraction of sp³-hybridized carbons (Fsp3) is 0.688. The number of benzene rings is 4. The van der Waals surface area contributed by atoms with Crippen LogP contribution in [0.2, 0.25) is 0 Å². The monoisotopic (exact) mass is 1060 g/mol. The summed E-state index contributed by atoms with van der Waals surface area (Å²) in [5.74, 6) is 7.23. The molecule has 0 aliphatic carbocycles. The van der Waals surface area contributed by atoms with E-state index in [0.29, 0.717) is 0 Å². The van der Waals surface area contributed by atoms with Gasteiger partial charge in [0.25, 0.3) is 0 Å². The number of fused-ring (bicyclic) bond motifs is 6. The molecule has 0 N–H and O–H groups in total. The predicted molar refractivity (Wildman–Crippen MR) is 334 cm³/mol. The fourth-order valence-electron chi connectivity index (χ4n) is 9.57. The normalized spacial score (nSPS) is 11.9. The van der Waals surface area contributed by atoms with Crippen molar-refractivity contribution in [2.45, 2.75) is 276 Å². The van der Waals surface area contributed by atoms with E-state index in [4.69, 9.17) is 0 Å². The average Bonchev–Trinajstić information content (AvgIpc) is 3.36. The zero-order valence-electron chi connectivity index (χ0n) is 46.0. The van der Waals surface area contributed by atoms with Crippen LogP contribution >= 0.6 is 70.6 Å². The predicted octanol–water partition coefficient (Wildman–Crippen LogP) is 24.9. The molecule has 394 valence electrons. The van der Waals surface area contributed by atoms with Crippen LogP contribution in [0.25, 0.3) is 32.3 Å². The van der Waals surface area contributed by atoms with Gasteiger partial charge in [-0.25, -0.2) is 0 Å². The maximum Gasteiger partial charge on any atom is 0.0215 e. The van der Waals surface area contributed by atoms with Crippen LogP contribution in [0.4, 0.5) is 0 Å². The molecule has 0 nitrogen and oxygen atoms in total. The van der Waals surface area contributed by atoms with Crippen LogP contribution in [-0.4, -0.2) is 34.5 Å². The van der Waals surface area contributed by atoms with Gasteiger partial charge in [0.15, 0.2) is 0 Å². The minimum Gasteiger partial charge on any atom is -0.125 e. The van der Waals surface area contributed by atoms with Crippen LogP contribution < -0.4 is 0 Å². The van der Waals surface area contributed by atoms with Crippen LogP contribution in [0.5, 0.6) is 0 Å². The summed E-state index contributed by atoms with van der Waals surface area (Å²) in [5, 5.41) is 8.88. The van der Waals surface area contributed by atoms with Gasteiger partial charge in [-0.2, -0.15) is 0 Å². The van der Waals surface area contributed by atoms with Crippen molar-refractivity contribution in [2.24, 2.45) is 0 Å². The number of allylic oxidation sites excluding steroid dienone is 1. The first-order valence-corrected chi connectivity index (χ1v) is 35.3. The zero-order valence-corrected chi connectivity index (χ0v) is 50.9. The van der Waals surface area contributed by atoms with Crippen molar-refractivity contribution >= 4 is 103 Å². The molecule has 0 atom stereocenters. The molecule has 70 heavy (non-hydrogen) atoms. The fourth-order valence-corrected chi connectivity index (χ4v) is 16.4. The van der Waals surface area contributed by atoms with Crippen molar-refractivity contribution in [2.75, 3.05) is 34.5 Å². The second-order valence-corrected chi connectivity index (χ2v) is 27.3. The lowest BCUT2D eigenvalue weighted by atomic mass is 9.94. The molecule has 0 saturated carbocycles. The largest absolute Gasteiger partial charge is 0.125 e. The maximum absolute atomic E-state index is 4.26. The Kier molecular flexibility index (Phi) is 35.3. The SMILES string of the molecule is C=C(C)CCCSc1cc2c3cc(SCCCCCCCC)c(SCCCCCCCC)cc3c3cc(SCCCCCCCC)c(SCCCCCCCC)cc3c2cc1SCCCCCCCC. The second kappa shape index (κ2) is 39.8. The molecule has 4 rings (SSSR count). The highest BCUT2D eigenvalue weighted by Crippen LogP contribution is 2.47. The molecule has 0 aliphatic heterocycles. The molecule has 0 aromatic heterocycles. The van der Waals surface area contributed by atoms with Crippen molar-refractivity contribution in [1.82, 2.24) is 0 Å². The third kappa shape index (κ3) is 24.0. The summed E-state index contributed by atoms with van der Waals surface area (Å²) in [5.41, 5.74) is 1.31. The molecule has 0 bridgehead atoms. The molecule has 0 heterocycles. The first kappa shape index (κ1) is 62.0. The molecule has 6 heteroatoms. The number of rotatable bonds is 45. The molecular formula is C64H102S6. The third-order valence-corrected chi connectivity index (χ3v) is 21.1. The Morgan fingerprint density at radius 3 is 0.629 bits per heavy atom. The lowest BCUT2D eigenvalue weighted by molar-refractivity contribution is 0.626. The number of unbranched alkanes of at least 4 members (excludes halogenated alkanes) is 25. The van der Waals surface area contributed by atoms with Gasteiger partial charge in [0.05, 0.1) is 0 Å². The molecule has 0 radical (unpaired) electrons.